The molecule has 0 saturated heterocycles. The molecular formula is C12H13N3O2. The highest BCUT2D eigenvalue weighted by atomic mass is 16.4. The van der Waals surface area contributed by atoms with Gasteiger partial charge in [-0.2, -0.15) is 0 Å². The predicted molar refractivity (Wildman–Crippen MR) is 62.1 cm³/mol. The second-order valence-electron chi connectivity index (χ2n) is 4.46. The molecule has 17 heavy (non-hydrogen) atoms. The van der Waals surface area contributed by atoms with Crippen LogP contribution in [-0.4, -0.2) is 26.0 Å². The molecule has 0 amide bonds. The summed E-state index contributed by atoms with van der Waals surface area (Å²) in [5.74, 6) is 0.342. The second kappa shape index (κ2) is 3.84. The molecule has 1 aliphatic carbocycles. The van der Waals surface area contributed by atoms with E-state index in [9.17, 15) is 4.79 Å². The SMILES string of the molecule is O=C(O)c1nccc2nc(C3CCCC3)[nH]c12. The van der Waals surface area contributed by atoms with Gasteiger partial charge < -0.3 is 10.1 Å². The fraction of sp³-hybridized carbons (Fsp3) is 0.417. The average Bonchev–Trinajstić information content (AvgIpc) is 2.96. The van der Waals surface area contributed by atoms with Crippen molar-refractivity contribution in [3.63, 3.8) is 0 Å². The van der Waals surface area contributed by atoms with Crippen molar-refractivity contribution in [2.45, 2.75) is 31.6 Å². The van der Waals surface area contributed by atoms with Crippen LogP contribution in [0.15, 0.2) is 12.3 Å². The lowest BCUT2D eigenvalue weighted by atomic mass is 10.1. The van der Waals surface area contributed by atoms with E-state index in [2.05, 4.69) is 15.0 Å². The van der Waals surface area contributed by atoms with Crippen LogP contribution in [0.4, 0.5) is 0 Å². The summed E-state index contributed by atoms with van der Waals surface area (Å²) in [7, 11) is 0. The van der Waals surface area contributed by atoms with Crippen LogP contribution in [0.1, 0.15) is 47.9 Å². The fourth-order valence-electron chi connectivity index (χ4n) is 2.51. The third kappa shape index (κ3) is 1.67. The van der Waals surface area contributed by atoms with E-state index in [1.165, 1.54) is 19.0 Å². The van der Waals surface area contributed by atoms with Crippen LogP contribution in [0.2, 0.25) is 0 Å². The molecule has 0 spiro atoms. The Morgan fingerprint density at radius 3 is 2.88 bits per heavy atom. The highest BCUT2D eigenvalue weighted by Gasteiger charge is 2.22. The van der Waals surface area contributed by atoms with Crippen LogP contribution in [0.25, 0.3) is 11.0 Å². The van der Waals surface area contributed by atoms with Crippen molar-refractivity contribution in [3.8, 4) is 0 Å². The molecule has 5 nitrogen and oxygen atoms in total. The standard InChI is InChI=1S/C12H13N3O2/c16-12(17)10-9-8(5-6-13-10)14-11(15-9)7-3-1-2-4-7/h5-7H,1-4H2,(H,14,15)(H,16,17). The Morgan fingerprint density at radius 2 is 2.18 bits per heavy atom. The van der Waals surface area contributed by atoms with Crippen molar-refractivity contribution in [2.24, 2.45) is 0 Å². The van der Waals surface area contributed by atoms with E-state index in [1.54, 1.807) is 6.07 Å². The number of carbonyl (C=O) groups is 1. The zero-order chi connectivity index (χ0) is 11.8. The number of H-pyrrole nitrogens is 1. The van der Waals surface area contributed by atoms with Gasteiger partial charge in [0.25, 0.3) is 0 Å². The molecule has 0 bridgehead atoms. The topological polar surface area (TPSA) is 78.9 Å². The van der Waals surface area contributed by atoms with Crippen LogP contribution in [-0.2, 0) is 0 Å². The van der Waals surface area contributed by atoms with Crippen LogP contribution < -0.4 is 0 Å². The predicted octanol–water partition coefficient (Wildman–Crippen LogP) is 2.31. The van der Waals surface area contributed by atoms with Gasteiger partial charge in [-0.3, -0.25) is 0 Å². The summed E-state index contributed by atoms with van der Waals surface area (Å²) in [6.07, 6.45) is 6.22. The van der Waals surface area contributed by atoms with Crippen LogP contribution in [0.5, 0.6) is 0 Å². The van der Waals surface area contributed by atoms with E-state index in [1.807, 2.05) is 0 Å². The molecule has 0 radical (unpaired) electrons. The maximum absolute atomic E-state index is 11.0. The van der Waals surface area contributed by atoms with Crippen LogP contribution >= 0.6 is 0 Å². The quantitative estimate of drug-likeness (QED) is 0.831. The van der Waals surface area contributed by atoms with E-state index in [0.717, 1.165) is 18.7 Å². The lowest BCUT2D eigenvalue weighted by molar-refractivity contribution is 0.0692. The zero-order valence-electron chi connectivity index (χ0n) is 9.31. The smallest absolute Gasteiger partial charge is 0.356 e. The van der Waals surface area contributed by atoms with Gasteiger partial charge >= 0.3 is 5.97 Å². The van der Waals surface area contributed by atoms with Gasteiger partial charge in [0.2, 0.25) is 0 Å². The first-order valence-corrected chi connectivity index (χ1v) is 5.83. The molecule has 3 rings (SSSR count). The molecule has 1 aliphatic rings. The summed E-state index contributed by atoms with van der Waals surface area (Å²) in [4.78, 5) is 22.5. The van der Waals surface area contributed by atoms with Crippen molar-refractivity contribution < 1.29 is 9.90 Å². The number of hydrogen-bond donors (Lipinski definition) is 2. The maximum Gasteiger partial charge on any atom is 0.356 e. The number of nitrogens with one attached hydrogen (secondary N) is 1. The molecule has 5 heteroatoms. The van der Waals surface area contributed by atoms with Crippen LogP contribution in [0, 0.1) is 0 Å². The summed E-state index contributed by atoms with van der Waals surface area (Å²) in [5.41, 5.74) is 1.29. The number of rotatable bonds is 2. The van der Waals surface area contributed by atoms with Gasteiger partial charge in [0.05, 0.1) is 11.0 Å². The van der Waals surface area contributed by atoms with Gasteiger partial charge in [0.15, 0.2) is 5.69 Å². The summed E-state index contributed by atoms with van der Waals surface area (Å²) < 4.78 is 0. The first-order chi connectivity index (χ1) is 8.25. The molecule has 0 unspecified atom stereocenters. The number of aromatic carboxylic acids is 1. The van der Waals surface area contributed by atoms with E-state index in [0.29, 0.717) is 17.0 Å². The molecule has 0 aromatic carbocycles. The minimum Gasteiger partial charge on any atom is -0.476 e. The molecular weight excluding hydrogens is 218 g/mol. The Labute approximate surface area is 97.9 Å². The highest BCUT2D eigenvalue weighted by molar-refractivity contribution is 5.98. The van der Waals surface area contributed by atoms with E-state index in [4.69, 9.17) is 5.11 Å². The molecule has 0 aliphatic heterocycles. The Hall–Kier alpha value is -1.91. The van der Waals surface area contributed by atoms with Gasteiger partial charge in [0.1, 0.15) is 5.82 Å². The normalized spacial score (nSPS) is 16.7. The van der Waals surface area contributed by atoms with Crippen molar-refractivity contribution in [2.75, 3.05) is 0 Å². The molecule has 2 N–H and O–H groups in total. The molecule has 2 heterocycles. The van der Waals surface area contributed by atoms with Crippen molar-refractivity contribution in [3.05, 3.63) is 23.8 Å². The average molecular weight is 231 g/mol. The zero-order valence-corrected chi connectivity index (χ0v) is 9.31. The molecule has 1 fully saturated rings. The largest absolute Gasteiger partial charge is 0.476 e. The number of aromatic amines is 1. The van der Waals surface area contributed by atoms with E-state index in [-0.39, 0.29) is 5.69 Å². The van der Waals surface area contributed by atoms with Crippen molar-refractivity contribution in [1.82, 2.24) is 15.0 Å². The molecule has 1 saturated carbocycles. The minimum atomic E-state index is -1.02. The molecule has 0 atom stereocenters. The van der Waals surface area contributed by atoms with Crippen molar-refractivity contribution >= 4 is 17.0 Å². The Kier molecular flexibility index (Phi) is 2.31. The van der Waals surface area contributed by atoms with Gasteiger partial charge in [-0.1, -0.05) is 12.8 Å². The van der Waals surface area contributed by atoms with Gasteiger partial charge in [-0.15, -0.1) is 0 Å². The Morgan fingerprint density at radius 1 is 1.41 bits per heavy atom. The molecule has 2 aromatic heterocycles. The number of imidazole rings is 1. The van der Waals surface area contributed by atoms with Gasteiger partial charge in [0, 0.05) is 12.1 Å². The monoisotopic (exact) mass is 231 g/mol. The maximum atomic E-state index is 11.0. The first kappa shape index (κ1) is 10.3. The number of hydrogen-bond acceptors (Lipinski definition) is 3. The highest BCUT2D eigenvalue weighted by Crippen LogP contribution is 2.33. The van der Waals surface area contributed by atoms with E-state index < -0.39 is 5.97 Å². The number of carboxylic acid groups (broad SMARTS) is 1. The summed E-state index contributed by atoms with van der Waals surface area (Å²) in [6, 6.07) is 1.75. The lowest BCUT2D eigenvalue weighted by Gasteiger charge is -2.02. The van der Waals surface area contributed by atoms with Gasteiger partial charge in [-0.05, 0) is 18.9 Å². The molecule has 88 valence electrons. The third-order valence-corrected chi connectivity index (χ3v) is 3.37. The Bertz CT molecular complexity index is 570. The molecule has 2 aromatic rings. The van der Waals surface area contributed by atoms with Crippen LogP contribution in [0.3, 0.4) is 0 Å². The fourth-order valence-corrected chi connectivity index (χ4v) is 2.51. The summed E-state index contributed by atoms with van der Waals surface area (Å²) in [5, 5.41) is 9.05. The summed E-state index contributed by atoms with van der Waals surface area (Å²) in [6.45, 7) is 0. The summed E-state index contributed by atoms with van der Waals surface area (Å²) >= 11 is 0. The number of carboxylic acids is 1. The van der Waals surface area contributed by atoms with Crippen molar-refractivity contribution in [1.29, 1.82) is 0 Å². The third-order valence-electron chi connectivity index (χ3n) is 3.37. The number of nitrogens with zero attached hydrogens (tertiary/aromatic N) is 2. The number of pyridine rings is 1. The second-order valence-corrected chi connectivity index (χ2v) is 4.46. The van der Waals surface area contributed by atoms with Gasteiger partial charge in [-0.25, -0.2) is 14.8 Å². The first-order valence-electron chi connectivity index (χ1n) is 5.83. The number of fused-ring (bicyclic) bond motifs is 1. The number of aromatic nitrogens is 3. The Balaban J connectivity index is 2.11. The lowest BCUT2D eigenvalue weighted by Crippen LogP contribution is -2.00. The minimum absolute atomic E-state index is 0.0549. The van der Waals surface area contributed by atoms with E-state index >= 15 is 0 Å².